The van der Waals surface area contributed by atoms with Gasteiger partial charge in [0.2, 0.25) is 0 Å². The van der Waals surface area contributed by atoms with Crippen molar-refractivity contribution in [2.24, 2.45) is 0 Å². The van der Waals surface area contributed by atoms with E-state index < -0.39 is 6.00 Å². The molecule has 0 fully saturated rings. The highest BCUT2D eigenvalue weighted by molar-refractivity contribution is 7.69. The second-order valence-corrected chi connectivity index (χ2v) is 10.8. The average Bonchev–Trinajstić information content (AvgIpc) is 2.03. The van der Waals surface area contributed by atoms with Crippen LogP contribution in [0.25, 0.3) is 0 Å². The van der Waals surface area contributed by atoms with Crippen LogP contribution >= 0.6 is 33.2 Å². The number of halogens is 3. The second-order valence-electron chi connectivity index (χ2n) is 2.39. The average molecular weight is 241 g/mol. The first-order valence-electron chi connectivity index (χ1n) is 3.56. The van der Waals surface area contributed by atoms with Crippen LogP contribution < -0.4 is 5.19 Å². The molecule has 0 unspecified atom stereocenters. The molecule has 0 amide bonds. The molecule has 1 rings (SSSR count). The first-order chi connectivity index (χ1) is 5.54. The molecule has 1 aromatic rings. The summed E-state index contributed by atoms with van der Waals surface area (Å²) in [6.45, 7) is 2.02. The highest BCUT2D eigenvalue weighted by atomic mass is 35.8. The lowest BCUT2D eigenvalue weighted by atomic mass is 10.3. The summed E-state index contributed by atoms with van der Waals surface area (Å²) in [6.07, 6.45) is 2.55. The summed E-state index contributed by atoms with van der Waals surface area (Å²) in [5.41, 5.74) is 0.964. The van der Waals surface area contributed by atoms with Crippen LogP contribution in [0.5, 0.6) is 0 Å². The van der Waals surface area contributed by atoms with E-state index in [2.05, 4.69) is 4.98 Å². The van der Waals surface area contributed by atoms with Crippen molar-refractivity contribution in [1.82, 2.24) is 4.98 Å². The first kappa shape index (κ1) is 10.3. The molecule has 66 valence electrons. The van der Waals surface area contributed by atoms with Crippen LogP contribution in [0.1, 0.15) is 12.6 Å². The van der Waals surface area contributed by atoms with Crippen molar-refractivity contribution in [2.45, 2.75) is 13.3 Å². The van der Waals surface area contributed by atoms with E-state index in [-0.39, 0.29) is 0 Å². The number of nitrogens with zero attached hydrogens (tertiary/aromatic N) is 1. The molecule has 0 saturated carbocycles. The summed E-state index contributed by atoms with van der Waals surface area (Å²) in [5.74, 6) is 0. The summed E-state index contributed by atoms with van der Waals surface area (Å²) in [5, 5.41) is 0.805. The molecule has 0 aromatic carbocycles. The predicted molar refractivity (Wildman–Crippen MR) is 56.6 cm³/mol. The Morgan fingerprint density at radius 2 is 2.08 bits per heavy atom. The molecule has 0 atom stereocenters. The molecule has 12 heavy (non-hydrogen) atoms. The van der Waals surface area contributed by atoms with Gasteiger partial charge in [-0.2, -0.15) is 0 Å². The minimum absolute atomic E-state index is 0.805. The van der Waals surface area contributed by atoms with Crippen LogP contribution in [0.3, 0.4) is 0 Å². The van der Waals surface area contributed by atoms with Gasteiger partial charge in [-0.15, -0.1) is 33.2 Å². The molecule has 0 aliphatic heterocycles. The minimum atomic E-state index is -2.70. The van der Waals surface area contributed by atoms with Gasteiger partial charge in [0, 0.05) is 11.9 Å². The lowest BCUT2D eigenvalue weighted by Crippen LogP contribution is -2.30. The van der Waals surface area contributed by atoms with Crippen molar-refractivity contribution >= 4 is 44.4 Å². The largest absolute Gasteiger partial charge is 0.373 e. The fourth-order valence-corrected chi connectivity index (χ4v) is 2.50. The Morgan fingerprint density at radius 1 is 1.42 bits per heavy atom. The van der Waals surface area contributed by atoms with Gasteiger partial charge in [0.05, 0.1) is 0 Å². The van der Waals surface area contributed by atoms with Gasteiger partial charge in [0.1, 0.15) is 0 Å². The van der Waals surface area contributed by atoms with E-state index in [1.54, 1.807) is 12.3 Å². The summed E-state index contributed by atoms with van der Waals surface area (Å²) in [6, 6.07) is 0.918. The maximum absolute atomic E-state index is 5.83. The van der Waals surface area contributed by atoms with Gasteiger partial charge in [-0.25, -0.2) is 0 Å². The molecule has 0 N–H and O–H groups in total. The highest BCUT2D eigenvalue weighted by Gasteiger charge is 2.27. The Kier molecular flexibility index (Phi) is 3.41. The molecule has 0 spiro atoms. The smallest absolute Gasteiger partial charge is 0.261 e. The Balaban J connectivity index is 3.02. The summed E-state index contributed by atoms with van der Waals surface area (Å²) in [7, 11) is 0. The highest BCUT2D eigenvalue weighted by Crippen LogP contribution is 2.19. The molecule has 1 nitrogen and oxygen atoms in total. The van der Waals surface area contributed by atoms with Crippen molar-refractivity contribution in [1.29, 1.82) is 0 Å². The van der Waals surface area contributed by atoms with E-state index in [0.717, 1.165) is 17.3 Å². The van der Waals surface area contributed by atoms with Crippen LogP contribution in [-0.2, 0) is 6.42 Å². The van der Waals surface area contributed by atoms with Gasteiger partial charge in [-0.3, -0.25) is 4.98 Å². The molecule has 1 aromatic heterocycles. The minimum Gasteiger partial charge on any atom is -0.261 e. The standard InChI is InChI=1S/C7H8Cl3NSi/c1-2-6-5-7(3-4-11-6)12(8,9)10/h3-5H,2H2,1H3. The van der Waals surface area contributed by atoms with Gasteiger partial charge in [-0.1, -0.05) is 6.92 Å². The number of hydrogen-bond acceptors (Lipinski definition) is 1. The van der Waals surface area contributed by atoms with E-state index >= 15 is 0 Å². The van der Waals surface area contributed by atoms with E-state index in [9.17, 15) is 0 Å². The number of aromatic nitrogens is 1. The second kappa shape index (κ2) is 3.96. The van der Waals surface area contributed by atoms with Crippen molar-refractivity contribution in [3.63, 3.8) is 0 Å². The topological polar surface area (TPSA) is 12.9 Å². The fourth-order valence-electron chi connectivity index (χ4n) is 0.848. The monoisotopic (exact) mass is 239 g/mol. The molecule has 0 aliphatic carbocycles. The van der Waals surface area contributed by atoms with Gasteiger partial charge in [0.25, 0.3) is 0 Å². The molecule has 0 aliphatic rings. The molecule has 0 bridgehead atoms. The van der Waals surface area contributed by atoms with Crippen molar-refractivity contribution in [3.8, 4) is 0 Å². The van der Waals surface area contributed by atoms with Gasteiger partial charge in [-0.05, 0) is 23.7 Å². The normalized spacial score (nSPS) is 11.7. The van der Waals surface area contributed by atoms with Crippen molar-refractivity contribution in [2.75, 3.05) is 0 Å². The number of hydrogen-bond donors (Lipinski definition) is 0. The number of rotatable bonds is 2. The Morgan fingerprint density at radius 3 is 2.58 bits per heavy atom. The SMILES string of the molecule is CCc1cc([Si](Cl)(Cl)Cl)ccn1. The third kappa shape index (κ3) is 2.63. The summed E-state index contributed by atoms with van der Waals surface area (Å²) in [4.78, 5) is 4.12. The van der Waals surface area contributed by atoms with Crippen LogP contribution in [0.4, 0.5) is 0 Å². The van der Waals surface area contributed by atoms with Crippen molar-refractivity contribution in [3.05, 3.63) is 24.0 Å². The van der Waals surface area contributed by atoms with E-state index in [4.69, 9.17) is 33.2 Å². The molecular formula is C7H8Cl3NSi. The zero-order chi connectivity index (χ0) is 9.19. The zero-order valence-electron chi connectivity index (χ0n) is 6.52. The predicted octanol–water partition coefficient (Wildman–Crippen LogP) is 2.51. The Hall–Kier alpha value is 0.237. The molecular weight excluding hydrogens is 233 g/mol. The fraction of sp³-hybridized carbons (Fsp3) is 0.286. The number of pyridine rings is 1. The van der Waals surface area contributed by atoms with Crippen LogP contribution in [0.2, 0.25) is 0 Å². The van der Waals surface area contributed by atoms with Gasteiger partial charge < -0.3 is 0 Å². The maximum Gasteiger partial charge on any atom is 0.373 e. The lowest BCUT2D eigenvalue weighted by Gasteiger charge is -2.08. The van der Waals surface area contributed by atoms with Crippen LogP contribution in [0, 0.1) is 0 Å². The lowest BCUT2D eigenvalue weighted by molar-refractivity contribution is 1.04. The molecule has 1 heterocycles. The third-order valence-electron chi connectivity index (χ3n) is 1.51. The van der Waals surface area contributed by atoms with Gasteiger partial charge in [0.15, 0.2) is 0 Å². The third-order valence-corrected chi connectivity index (χ3v) is 4.44. The quantitative estimate of drug-likeness (QED) is 0.572. The molecule has 5 heteroatoms. The Bertz CT molecular complexity index is 272. The number of aryl methyl sites for hydroxylation is 1. The summed E-state index contributed by atoms with van der Waals surface area (Å²) < 4.78 is 0. The van der Waals surface area contributed by atoms with Gasteiger partial charge >= 0.3 is 6.00 Å². The van der Waals surface area contributed by atoms with Crippen LogP contribution in [-0.4, -0.2) is 11.0 Å². The zero-order valence-corrected chi connectivity index (χ0v) is 9.79. The summed E-state index contributed by atoms with van der Waals surface area (Å²) >= 11 is 17.5. The van der Waals surface area contributed by atoms with E-state index in [0.29, 0.717) is 0 Å². The van der Waals surface area contributed by atoms with Crippen LogP contribution in [0.15, 0.2) is 18.3 Å². The van der Waals surface area contributed by atoms with E-state index in [1.807, 2.05) is 13.0 Å². The first-order valence-corrected chi connectivity index (χ1v) is 8.59. The maximum atomic E-state index is 5.83. The molecule has 0 saturated heterocycles. The Labute approximate surface area is 86.8 Å². The van der Waals surface area contributed by atoms with Crippen molar-refractivity contribution < 1.29 is 0 Å². The molecule has 0 radical (unpaired) electrons. The van der Waals surface area contributed by atoms with E-state index in [1.165, 1.54) is 0 Å².